The Labute approximate surface area is 326 Å². The van der Waals surface area contributed by atoms with Crippen molar-refractivity contribution in [1.29, 1.82) is 0 Å². The number of anilines is 2. The third-order valence-electron chi connectivity index (χ3n) is 9.07. The Morgan fingerprint density at radius 1 is 0.719 bits per heavy atom. The van der Waals surface area contributed by atoms with E-state index in [1.54, 1.807) is 44.5 Å². The molecule has 4 aromatic heterocycles. The second-order valence-electron chi connectivity index (χ2n) is 13.1. The number of imidazole rings is 2. The first-order chi connectivity index (χ1) is 27.4. The zero-order valence-electron chi connectivity index (χ0n) is 32.3. The number of carbonyl (C=O) groups is 4. The minimum atomic E-state index is -0.675. The summed E-state index contributed by atoms with van der Waals surface area (Å²) in [5, 5.41) is 14.6. The van der Waals surface area contributed by atoms with Crippen molar-refractivity contribution in [3.05, 3.63) is 82.5 Å². The highest BCUT2D eigenvalue weighted by Gasteiger charge is 2.23. The van der Waals surface area contributed by atoms with Crippen LogP contribution in [0.25, 0.3) is 22.1 Å². The molecule has 2 aromatic carbocycles. The molecule has 0 bridgehead atoms. The number of benzene rings is 2. The number of allylic oxidation sites excluding steroid dienone is 2. The van der Waals surface area contributed by atoms with Gasteiger partial charge in [-0.1, -0.05) is 12.2 Å². The van der Waals surface area contributed by atoms with Gasteiger partial charge in [0.25, 0.3) is 11.8 Å². The summed E-state index contributed by atoms with van der Waals surface area (Å²) in [6.45, 7) is 9.27. The van der Waals surface area contributed by atoms with Crippen molar-refractivity contribution < 1.29 is 28.7 Å². The molecule has 6 aromatic rings. The van der Waals surface area contributed by atoms with Crippen molar-refractivity contribution >= 4 is 57.6 Å². The van der Waals surface area contributed by atoms with E-state index in [4.69, 9.17) is 31.7 Å². The van der Waals surface area contributed by atoms with Crippen molar-refractivity contribution in [3.8, 4) is 11.5 Å². The van der Waals surface area contributed by atoms with E-state index in [2.05, 4.69) is 25.8 Å². The Balaban J connectivity index is 1.41. The molecule has 0 aliphatic carbocycles. The number of nitrogens with two attached hydrogens (primary N) is 3. The maximum absolute atomic E-state index is 13.7. The van der Waals surface area contributed by atoms with E-state index in [-0.39, 0.29) is 42.7 Å². The van der Waals surface area contributed by atoms with Crippen LogP contribution in [0.4, 0.5) is 11.9 Å². The number of primary amides is 2. The minimum absolute atomic E-state index is 0.160. The number of hydrogen-bond acceptors (Lipinski definition) is 11. The monoisotopic (exact) mass is 779 g/mol. The van der Waals surface area contributed by atoms with E-state index >= 15 is 0 Å². The summed E-state index contributed by atoms with van der Waals surface area (Å²) in [5.41, 5.74) is 21.1. The number of fused-ring (bicyclic) bond motifs is 2. The molecule has 19 nitrogen and oxygen atoms in total. The molecule has 6 rings (SSSR count). The predicted molar refractivity (Wildman–Crippen MR) is 213 cm³/mol. The van der Waals surface area contributed by atoms with Crippen LogP contribution >= 0.6 is 0 Å². The van der Waals surface area contributed by atoms with Crippen LogP contribution in [0.2, 0.25) is 0 Å². The summed E-state index contributed by atoms with van der Waals surface area (Å²) in [4.78, 5) is 61.1. The summed E-state index contributed by atoms with van der Waals surface area (Å²) < 4.78 is 18.4. The fourth-order valence-corrected chi connectivity index (χ4v) is 6.45. The van der Waals surface area contributed by atoms with Crippen LogP contribution < -0.4 is 37.3 Å². The second kappa shape index (κ2) is 16.8. The van der Waals surface area contributed by atoms with Crippen LogP contribution in [0.1, 0.15) is 73.3 Å². The molecular formula is C38H45N13O6. The number of hydrogen-bond donors (Lipinski definition) is 5. The van der Waals surface area contributed by atoms with Crippen LogP contribution in [-0.2, 0) is 26.2 Å². The standard InChI is InChI=1S/C38H45N13O6/c1-6-50-27(15-21(3)46-50)35(54)44-37-42-25-17-23(33(40)52)19-29(56-5)31(25)48(37)12-8-9-13-49-32-26(18-24(34(41)53)20-30(32)57-14-10-11-39)43-38(49)45-36(55)28-16-22(4)47-51(28)7-2/h8-9,15-20H,6-7,10-14,39H2,1-5H3,(H2,40,52)(H2,41,53)(H,42,44,54)(H,43,45,55). The Hall–Kier alpha value is -7.02. The average Bonchev–Trinajstić information content (AvgIpc) is 3.95. The zero-order valence-corrected chi connectivity index (χ0v) is 32.3. The first-order valence-electron chi connectivity index (χ1n) is 18.3. The lowest BCUT2D eigenvalue weighted by atomic mass is 10.1. The molecule has 0 aliphatic rings. The second-order valence-corrected chi connectivity index (χ2v) is 13.1. The molecule has 0 spiro atoms. The lowest BCUT2D eigenvalue weighted by Crippen LogP contribution is -2.20. The van der Waals surface area contributed by atoms with E-state index in [1.165, 1.54) is 31.4 Å². The highest BCUT2D eigenvalue weighted by atomic mass is 16.5. The summed E-state index contributed by atoms with van der Waals surface area (Å²) in [6, 6.07) is 9.48. The third kappa shape index (κ3) is 8.18. The number of ether oxygens (including phenoxy) is 2. The van der Waals surface area contributed by atoms with Gasteiger partial charge in [0.15, 0.2) is 0 Å². The molecule has 19 heteroatoms. The minimum Gasteiger partial charge on any atom is -0.494 e. The summed E-state index contributed by atoms with van der Waals surface area (Å²) in [6.07, 6.45) is 4.21. The smallest absolute Gasteiger partial charge is 0.276 e. The quantitative estimate of drug-likeness (QED) is 0.0663. The molecule has 4 amide bonds. The topological polar surface area (TPSA) is 260 Å². The van der Waals surface area contributed by atoms with E-state index < -0.39 is 23.6 Å². The maximum atomic E-state index is 13.7. The summed E-state index contributed by atoms with van der Waals surface area (Å²) in [5.74, 6) is -1.22. The maximum Gasteiger partial charge on any atom is 0.276 e. The summed E-state index contributed by atoms with van der Waals surface area (Å²) >= 11 is 0. The number of rotatable bonds is 17. The van der Waals surface area contributed by atoms with Gasteiger partial charge in [-0.25, -0.2) is 9.97 Å². The first kappa shape index (κ1) is 39.7. The van der Waals surface area contributed by atoms with Gasteiger partial charge in [0.1, 0.15) is 33.9 Å². The van der Waals surface area contributed by atoms with Crippen molar-refractivity contribution in [2.45, 2.75) is 60.3 Å². The van der Waals surface area contributed by atoms with Crippen molar-refractivity contribution in [2.24, 2.45) is 17.2 Å². The predicted octanol–water partition coefficient (Wildman–Crippen LogP) is 3.13. The number of methoxy groups -OCH3 is 1. The van der Waals surface area contributed by atoms with Gasteiger partial charge in [0, 0.05) is 37.3 Å². The Bertz CT molecular complexity index is 2540. The van der Waals surface area contributed by atoms with E-state index in [0.29, 0.717) is 82.4 Å². The van der Waals surface area contributed by atoms with Crippen LogP contribution in [0.15, 0.2) is 48.6 Å². The normalized spacial score (nSPS) is 11.5. The largest absolute Gasteiger partial charge is 0.494 e. The highest BCUT2D eigenvalue weighted by Crippen LogP contribution is 2.33. The third-order valence-corrected chi connectivity index (χ3v) is 9.07. The molecule has 0 saturated carbocycles. The SMILES string of the molecule is CCn1nc(C)cc1C(=O)Nc1nc2cc(C(N)=O)cc(OC)c2n1CC=CCn1c(NC(=O)c2cc(C)nn2CC)nc2cc(C(N)=O)cc(OCCCN)c21. The highest BCUT2D eigenvalue weighted by molar-refractivity contribution is 6.05. The number of nitrogens with zero attached hydrogens (tertiary/aromatic N) is 8. The molecule has 8 N–H and O–H groups in total. The number of carbonyl (C=O) groups excluding carboxylic acids is 4. The fraction of sp³-hybridized carbons (Fsp3) is 0.316. The Morgan fingerprint density at radius 2 is 1.18 bits per heavy atom. The van der Waals surface area contributed by atoms with Gasteiger partial charge in [0.05, 0.1) is 36.1 Å². The molecule has 0 radical (unpaired) electrons. The first-order valence-corrected chi connectivity index (χ1v) is 18.3. The molecule has 57 heavy (non-hydrogen) atoms. The van der Waals surface area contributed by atoms with Gasteiger partial charge >= 0.3 is 0 Å². The molecule has 0 fully saturated rings. The molecular weight excluding hydrogens is 735 g/mol. The molecule has 298 valence electrons. The number of nitrogens with one attached hydrogen (secondary N) is 2. The van der Waals surface area contributed by atoms with E-state index in [9.17, 15) is 19.2 Å². The van der Waals surface area contributed by atoms with E-state index in [0.717, 1.165) is 0 Å². The van der Waals surface area contributed by atoms with Crippen LogP contribution in [0.3, 0.4) is 0 Å². The van der Waals surface area contributed by atoms with Gasteiger partial charge in [-0.3, -0.25) is 39.2 Å². The molecule has 0 saturated heterocycles. The van der Waals surface area contributed by atoms with Gasteiger partial charge in [0.2, 0.25) is 23.7 Å². The average molecular weight is 780 g/mol. The van der Waals surface area contributed by atoms with Gasteiger partial charge in [-0.05, 0) is 77.1 Å². The van der Waals surface area contributed by atoms with Crippen molar-refractivity contribution in [3.63, 3.8) is 0 Å². The van der Waals surface area contributed by atoms with Crippen molar-refractivity contribution in [1.82, 2.24) is 38.7 Å². The number of aryl methyl sites for hydroxylation is 4. The van der Waals surface area contributed by atoms with Crippen LogP contribution in [0, 0.1) is 13.8 Å². The number of amides is 4. The zero-order chi connectivity index (χ0) is 41.0. The fourth-order valence-electron chi connectivity index (χ4n) is 6.45. The molecule has 0 unspecified atom stereocenters. The van der Waals surface area contributed by atoms with Crippen LogP contribution in [0.5, 0.6) is 11.5 Å². The van der Waals surface area contributed by atoms with E-state index in [1.807, 2.05) is 26.0 Å². The van der Waals surface area contributed by atoms with Crippen LogP contribution in [-0.4, -0.2) is 82.6 Å². The number of aromatic nitrogens is 8. The van der Waals surface area contributed by atoms with Gasteiger partial charge in [-0.15, -0.1) is 0 Å². The Morgan fingerprint density at radius 3 is 1.60 bits per heavy atom. The van der Waals surface area contributed by atoms with Gasteiger partial charge in [-0.2, -0.15) is 10.2 Å². The summed E-state index contributed by atoms with van der Waals surface area (Å²) in [7, 11) is 1.46. The van der Waals surface area contributed by atoms with Crippen molar-refractivity contribution in [2.75, 3.05) is 30.9 Å². The lowest BCUT2D eigenvalue weighted by Gasteiger charge is -2.13. The molecule has 4 heterocycles. The molecule has 0 aliphatic heterocycles. The Kier molecular flexibility index (Phi) is 11.7. The lowest BCUT2D eigenvalue weighted by molar-refractivity contribution is 0.0991. The van der Waals surface area contributed by atoms with Gasteiger partial charge < -0.3 is 35.8 Å². The molecule has 0 atom stereocenters.